The number of carbonyl (C=O) groups excluding carboxylic acids is 1. The summed E-state index contributed by atoms with van der Waals surface area (Å²) in [4.78, 5) is 12.2. The van der Waals surface area contributed by atoms with Gasteiger partial charge in [0.25, 0.3) is 0 Å². The van der Waals surface area contributed by atoms with E-state index in [0.29, 0.717) is 32.1 Å². The summed E-state index contributed by atoms with van der Waals surface area (Å²) < 4.78 is 18.7. The fraction of sp³-hybridized carbons (Fsp3) is 0.526. The predicted molar refractivity (Wildman–Crippen MR) is 87.6 cm³/mol. The van der Waals surface area contributed by atoms with Gasteiger partial charge in [0.05, 0.1) is 0 Å². The van der Waals surface area contributed by atoms with Crippen molar-refractivity contribution in [2.24, 2.45) is 5.92 Å². The molecule has 1 aliphatic heterocycles. The number of amides is 1. The molecule has 0 saturated carbocycles. The SMILES string of the molecule is O=C(C[C@H]1C=CCC1)NCC1(c2ccc(F)cc2)CCOCC1. The first kappa shape index (κ1) is 16.2. The van der Waals surface area contributed by atoms with E-state index in [0.717, 1.165) is 31.2 Å². The molecule has 1 aromatic rings. The van der Waals surface area contributed by atoms with Crippen LogP contribution in [0.4, 0.5) is 4.39 Å². The van der Waals surface area contributed by atoms with Gasteiger partial charge in [0.15, 0.2) is 0 Å². The zero-order chi connectivity index (χ0) is 16.1. The maximum Gasteiger partial charge on any atom is 0.220 e. The molecule has 124 valence electrons. The highest BCUT2D eigenvalue weighted by Crippen LogP contribution is 2.34. The molecule has 0 unspecified atom stereocenters. The summed E-state index contributed by atoms with van der Waals surface area (Å²) in [5.74, 6) is 0.258. The van der Waals surface area contributed by atoms with Crippen molar-refractivity contribution in [2.45, 2.75) is 37.5 Å². The molecule has 0 aromatic heterocycles. The van der Waals surface area contributed by atoms with Crippen LogP contribution in [0.25, 0.3) is 0 Å². The molecular weight excluding hydrogens is 293 g/mol. The van der Waals surface area contributed by atoms with E-state index in [9.17, 15) is 9.18 Å². The van der Waals surface area contributed by atoms with Gasteiger partial charge < -0.3 is 10.1 Å². The topological polar surface area (TPSA) is 38.3 Å². The fourth-order valence-electron chi connectivity index (χ4n) is 3.58. The number of nitrogens with one attached hydrogen (secondary N) is 1. The standard InChI is InChI=1S/C19H24FNO2/c20-17-7-5-16(6-8-17)19(9-11-23-12-10-19)14-21-18(22)13-15-3-1-2-4-15/h1,3,5-8,15H,2,4,9-14H2,(H,21,22)/t15-/m0/s1. The van der Waals surface area contributed by atoms with Crippen molar-refractivity contribution < 1.29 is 13.9 Å². The third-order valence-corrected chi connectivity index (χ3v) is 5.09. The maximum absolute atomic E-state index is 13.2. The number of rotatable bonds is 5. The molecule has 1 heterocycles. The van der Waals surface area contributed by atoms with Gasteiger partial charge in [-0.3, -0.25) is 4.79 Å². The molecule has 1 amide bonds. The summed E-state index contributed by atoms with van der Waals surface area (Å²) in [5.41, 5.74) is 0.941. The summed E-state index contributed by atoms with van der Waals surface area (Å²) in [6, 6.07) is 6.68. The smallest absolute Gasteiger partial charge is 0.220 e. The van der Waals surface area contributed by atoms with Gasteiger partial charge in [-0.25, -0.2) is 4.39 Å². The van der Waals surface area contributed by atoms with E-state index < -0.39 is 0 Å². The molecule has 3 nitrogen and oxygen atoms in total. The van der Waals surface area contributed by atoms with Crippen molar-refractivity contribution in [3.63, 3.8) is 0 Å². The molecule has 1 fully saturated rings. The lowest BCUT2D eigenvalue weighted by molar-refractivity contribution is -0.122. The van der Waals surface area contributed by atoms with Crippen LogP contribution in [0.1, 0.15) is 37.7 Å². The van der Waals surface area contributed by atoms with E-state index in [2.05, 4.69) is 17.5 Å². The second-order valence-corrected chi connectivity index (χ2v) is 6.65. The highest BCUT2D eigenvalue weighted by molar-refractivity contribution is 5.76. The minimum atomic E-state index is -0.229. The third kappa shape index (κ3) is 3.99. The van der Waals surface area contributed by atoms with Crippen molar-refractivity contribution in [2.75, 3.05) is 19.8 Å². The number of benzene rings is 1. The monoisotopic (exact) mass is 317 g/mol. The molecule has 3 rings (SSSR count). The molecule has 1 aromatic carbocycles. The van der Waals surface area contributed by atoms with E-state index in [1.807, 2.05) is 12.1 Å². The predicted octanol–water partition coefficient (Wildman–Crippen LogP) is 3.35. The van der Waals surface area contributed by atoms with Crippen LogP contribution in [0.2, 0.25) is 0 Å². The molecule has 1 N–H and O–H groups in total. The van der Waals surface area contributed by atoms with Crippen molar-refractivity contribution >= 4 is 5.91 Å². The lowest BCUT2D eigenvalue weighted by Gasteiger charge is -2.38. The molecule has 4 heteroatoms. The minimum absolute atomic E-state index is 0.106. The Labute approximate surface area is 136 Å². The lowest BCUT2D eigenvalue weighted by Crippen LogP contribution is -2.44. The van der Waals surface area contributed by atoms with Gasteiger partial charge in [0, 0.05) is 31.6 Å². The van der Waals surface area contributed by atoms with Gasteiger partial charge >= 0.3 is 0 Å². The van der Waals surface area contributed by atoms with E-state index in [1.165, 1.54) is 12.1 Å². The molecule has 0 radical (unpaired) electrons. The van der Waals surface area contributed by atoms with E-state index in [1.54, 1.807) is 0 Å². The number of carbonyl (C=O) groups is 1. The van der Waals surface area contributed by atoms with Gasteiger partial charge in [-0.05, 0) is 49.3 Å². The zero-order valence-electron chi connectivity index (χ0n) is 13.4. The number of hydrogen-bond acceptors (Lipinski definition) is 2. The highest BCUT2D eigenvalue weighted by Gasteiger charge is 2.35. The second kappa shape index (κ2) is 7.26. The molecule has 0 bridgehead atoms. The first-order valence-corrected chi connectivity index (χ1v) is 8.45. The molecule has 1 saturated heterocycles. The van der Waals surface area contributed by atoms with Crippen molar-refractivity contribution in [1.29, 1.82) is 0 Å². The maximum atomic E-state index is 13.2. The molecule has 1 aliphatic carbocycles. The molecule has 23 heavy (non-hydrogen) atoms. The number of ether oxygens (including phenoxy) is 1. The second-order valence-electron chi connectivity index (χ2n) is 6.65. The van der Waals surface area contributed by atoms with Crippen LogP contribution in [0, 0.1) is 11.7 Å². The van der Waals surface area contributed by atoms with Gasteiger partial charge in [0.1, 0.15) is 5.82 Å². The van der Waals surface area contributed by atoms with E-state index >= 15 is 0 Å². The summed E-state index contributed by atoms with van der Waals surface area (Å²) in [5, 5.41) is 3.11. The number of hydrogen-bond donors (Lipinski definition) is 1. The van der Waals surface area contributed by atoms with Gasteiger partial charge in [-0.2, -0.15) is 0 Å². The van der Waals surface area contributed by atoms with Crippen molar-refractivity contribution in [3.8, 4) is 0 Å². The third-order valence-electron chi connectivity index (χ3n) is 5.09. The summed E-state index contributed by atoms with van der Waals surface area (Å²) in [7, 11) is 0. The van der Waals surface area contributed by atoms with Gasteiger partial charge in [-0.15, -0.1) is 0 Å². The van der Waals surface area contributed by atoms with E-state index in [4.69, 9.17) is 4.74 Å². The van der Waals surface area contributed by atoms with Gasteiger partial charge in [0.2, 0.25) is 5.91 Å². The Morgan fingerprint density at radius 3 is 2.65 bits per heavy atom. The Hall–Kier alpha value is -1.68. The first-order chi connectivity index (χ1) is 11.2. The van der Waals surface area contributed by atoms with Crippen LogP contribution in [-0.2, 0) is 14.9 Å². The summed E-state index contributed by atoms with van der Waals surface area (Å²) in [6.45, 7) is 1.95. The Morgan fingerprint density at radius 1 is 1.26 bits per heavy atom. The molecule has 1 atom stereocenters. The van der Waals surface area contributed by atoms with Crippen LogP contribution in [0.5, 0.6) is 0 Å². The quantitative estimate of drug-likeness (QED) is 0.846. The van der Waals surface area contributed by atoms with Gasteiger partial charge in [-0.1, -0.05) is 24.3 Å². The Bertz CT molecular complexity index is 561. The number of halogens is 1. The van der Waals surface area contributed by atoms with Crippen molar-refractivity contribution in [1.82, 2.24) is 5.32 Å². The van der Waals surface area contributed by atoms with Crippen LogP contribution >= 0.6 is 0 Å². The van der Waals surface area contributed by atoms with Crippen LogP contribution < -0.4 is 5.32 Å². The Balaban J connectivity index is 1.65. The van der Waals surface area contributed by atoms with Crippen LogP contribution in [-0.4, -0.2) is 25.7 Å². The zero-order valence-corrected chi connectivity index (χ0v) is 13.4. The Kier molecular flexibility index (Phi) is 5.11. The highest BCUT2D eigenvalue weighted by atomic mass is 19.1. The minimum Gasteiger partial charge on any atom is -0.381 e. The van der Waals surface area contributed by atoms with Crippen LogP contribution in [0.3, 0.4) is 0 Å². The lowest BCUT2D eigenvalue weighted by atomic mass is 9.74. The summed E-state index contributed by atoms with van der Waals surface area (Å²) >= 11 is 0. The van der Waals surface area contributed by atoms with Crippen molar-refractivity contribution in [3.05, 3.63) is 47.8 Å². The molecular formula is C19H24FNO2. The molecule has 0 spiro atoms. The number of allylic oxidation sites excluding steroid dienone is 2. The fourth-order valence-corrected chi connectivity index (χ4v) is 3.58. The van der Waals surface area contributed by atoms with E-state index in [-0.39, 0.29) is 17.1 Å². The molecule has 2 aliphatic rings. The average Bonchev–Trinajstić information content (AvgIpc) is 3.07. The van der Waals surface area contributed by atoms with Crippen LogP contribution in [0.15, 0.2) is 36.4 Å². The Morgan fingerprint density at radius 2 is 2.00 bits per heavy atom. The summed E-state index contributed by atoms with van der Waals surface area (Å²) in [6.07, 6.45) is 8.70. The largest absolute Gasteiger partial charge is 0.381 e. The average molecular weight is 317 g/mol. The normalized spacial score (nSPS) is 22.9. The first-order valence-electron chi connectivity index (χ1n) is 8.45.